The molecule has 0 bridgehead atoms. The van der Waals surface area contributed by atoms with Gasteiger partial charge in [-0.1, -0.05) is 30.7 Å². The molecule has 2 amide bonds. The van der Waals surface area contributed by atoms with Crippen molar-refractivity contribution >= 4 is 23.3 Å². The summed E-state index contributed by atoms with van der Waals surface area (Å²) < 4.78 is 0. The van der Waals surface area contributed by atoms with E-state index in [4.69, 9.17) is 0 Å². The van der Waals surface area contributed by atoms with E-state index in [9.17, 15) is 9.59 Å². The molecule has 1 aliphatic heterocycles. The molecule has 1 atom stereocenters. The summed E-state index contributed by atoms with van der Waals surface area (Å²) in [5.41, 5.74) is 4.31. The maximum atomic E-state index is 12.8. The predicted octanol–water partition coefficient (Wildman–Crippen LogP) is 5.07. The van der Waals surface area contributed by atoms with Crippen LogP contribution in [-0.4, -0.2) is 51.5 Å². The van der Waals surface area contributed by atoms with Crippen LogP contribution in [0.4, 0.5) is 11.5 Å². The van der Waals surface area contributed by atoms with E-state index in [-0.39, 0.29) is 17.7 Å². The number of carbonyl (C=O) groups is 2. The summed E-state index contributed by atoms with van der Waals surface area (Å²) in [5.74, 6) is 0.507. The molecular weight excluding hydrogens is 464 g/mol. The van der Waals surface area contributed by atoms with Crippen LogP contribution < -0.4 is 10.6 Å². The van der Waals surface area contributed by atoms with E-state index < -0.39 is 0 Å². The van der Waals surface area contributed by atoms with Crippen LogP contribution in [0.2, 0.25) is 0 Å². The Hall–Kier alpha value is -3.78. The Labute approximate surface area is 217 Å². The van der Waals surface area contributed by atoms with Gasteiger partial charge >= 0.3 is 0 Å². The molecule has 3 heterocycles. The number of nitrogens with one attached hydrogen (secondary N) is 3. The van der Waals surface area contributed by atoms with Gasteiger partial charge in [-0.15, -0.1) is 0 Å². The van der Waals surface area contributed by atoms with Crippen LogP contribution >= 0.6 is 0 Å². The van der Waals surface area contributed by atoms with Crippen LogP contribution in [0.3, 0.4) is 0 Å². The van der Waals surface area contributed by atoms with Crippen molar-refractivity contribution in [2.75, 3.05) is 30.3 Å². The van der Waals surface area contributed by atoms with Gasteiger partial charge in [-0.3, -0.25) is 24.6 Å². The van der Waals surface area contributed by atoms with Gasteiger partial charge in [-0.25, -0.2) is 0 Å². The second-order valence-electron chi connectivity index (χ2n) is 10.0. The lowest BCUT2D eigenvalue weighted by molar-refractivity contribution is -0.117. The largest absolute Gasteiger partial charge is 0.321 e. The van der Waals surface area contributed by atoms with Crippen molar-refractivity contribution in [2.24, 2.45) is 0 Å². The number of aromatic amines is 1. The number of nitrogens with zero attached hydrogens (tertiary/aromatic N) is 3. The van der Waals surface area contributed by atoms with E-state index in [2.05, 4.69) is 30.7 Å². The zero-order valence-electron chi connectivity index (χ0n) is 21.2. The minimum atomic E-state index is -0.351. The zero-order valence-corrected chi connectivity index (χ0v) is 21.2. The third kappa shape index (κ3) is 6.71. The first-order chi connectivity index (χ1) is 18.0. The minimum absolute atomic E-state index is 0.106. The van der Waals surface area contributed by atoms with Gasteiger partial charge in [0.25, 0.3) is 0 Å². The molecule has 5 rings (SSSR count). The number of anilines is 2. The van der Waals surface area contributed by atoms with Crippen LogP contribution in [0.25, 0.3) is 11.3 Å². The number of likely N-dealkylation sites (tertiary alicyclic amines) is 1. The number of pyridine rings is 1. The molecule has 0 spiro atoms. The van der Waals surface area contributed by atoms with Gasteiger partial charge in [0, 0.05) is 35.9 Å². The molecule has 1 unspecified atom stereocenters. The molecule has 3 N–H and O–H groups in total. The Morgan fingerprint density at radius 3 is 2.70 bits per heavy atom. The molecule has 0 radical (unpaired) electrons. The summed E-state index contributed by atoms with van der Waals surface area (Å²) >= 11 is 0. The fourth-order valence-corrected chi connectivity index (χ4v) is 4.63. The maximum Gasteiger partial charge on any atom is 0.248 e. The summed E-state index contributed by atoms with van der Waals surface area (Å²) in [6.07, 6.45) is 11.3. The van der Waals surface area contributed by atoms with Crippen molar-refractivity contribution in [3.63, 3.8) is 0 Å². The molecule has 1 saturated heterocycles. The van der Waals surface area contributed by atoms with Crippen LogP contribution in [0.1, 0.15) is 62.1 Å². The van der Waals surface area contributed by atoms with E-state index in [1.54, 1.807) is 12.3 Å². The van der Waals surface area contributed by atoms with Gasteiger partial charge in [0.15, 0.2) is 5.82 Å². The second kappa shape index (κ2) is 11.5. The number of aromatic nitrogens is 3. The van der Waals surface area contributed by atoms with Crippen molar-refractivity contribution in [2.45, 2.75) is 50.9 Å². The van der Waals surface area contributed by atoms with Crippen molar-refractivity contribution in [1.82, 2.24) is 20.1 Å². The van der Waals surface area contributed by atoms with E-state index in [0.29, 0.717) is 17.4 Å². The van der Waals surface area contributed by atoms with E-state index in [0.717, 1.165) is 42.1 Å². The third-order valence-corrected chi connectivity index (χ3v) is 7.05. The first kappa shape index (κ1) is 24.9. The van der Waals surface area contributed by atoms with Crippen molar-refractivity contribution in [1.29, 1.82) is 0 Å². The van der Waals surface area contributed by atoms with Crippen LogP contribution in [0.5, 0.6) is 0 Å². The average molecular weight is 499 g/mol. The molecular formula is C29H34N6O2. The number of rotatable bonds is 9. The van der Waals surface area contributed by atoms with E-state index >= 15 is 0 Å². The summed E-state index contributed by atoms with van der Waals surface area (Å²) in [6, 6.07) is 13.5. The molecule has 1 aliphatic carbocycles. The first-order valence-electron chi connectivity index (χ1n) is 13.2. The number of amides is 2. The number of piperidine rings is 1. The van der Waals surface area contributed by atoms with Gasteiger partial charge in [0.05, 0.1) is 23.5 Å². The van der Waals surface area contributed by atoms with E-state index in [1.807, 2.05) is 55.5 Å². The monoisotopic (exact) mass is 498 g/mol. The normalized spacial score (nSPS) is 17.0. The Balaban J connectivity index is 1.16. The number of hydrogen-bond donors (Lipinski definition) is 3. The second-order valence-corrected chi connectivity index (χ2v) is 10.0. The Bertz CT molecular complexity index is 1260. The number of carbonyl (C=O) groups excluding carboxylic acids is 2. The molecule has 3 aromatic rings. The van der Waals surface area contributed by atoms with E-state index in [1.165, 1.54) is 32.1 Å². The topological polar surface area (TPSA) is 103 Å². The predicted molar refractivity (Wildman–Crippen MR) is 145 cm³/mol. The number of benzene rings is 1. The molecule has 2 fully saturated rings. The lowest BCUT2D eigenvalue weighted by atomic mass is 9.97. The number of H-pyrrole nitrogens is 1. The summed E-state index contributed by atoms with van der Waals surface area (Å²) in [4.78, 5) is 32.0. The maximum absolute atomic E-state index is 12.8. The molecule has 192 valence electrons. The molecule has 2 aliphatic rings. The minimum Gasteiger partial charge on any atom is -0.321 e. The summed E-state index contributed by atoms with van der Waals surface area (Å²) in [7, 11) is 0. The fraction of sp³-hybridized carbons (Fsp3) is 0.379. The Morgan fingerprint density at radius 2 is 1.95 bits per heavy atom. The Morgan fingerprint density at radius 1 is 1.11 bits per heavy atom. The van der Waals surface area contributed by atoms with Gasteiger partial charge in [-0.05, 0) is 69.5 Å². The molecule has 2 aromatic heterocycles. The van der Waals surface area contributed by atoms with Crippen molar-refractivity contribution in [3.05, 3.63) is 72.1 Å². The highest BCUT2D eigenvalue weighted by Crippen LogP contribution is 2.39. The Kier molecular flexibility index (Phi) is 7.75. The highest BCUT2D eigenvalue weighted by molar-refractivity contribution is 5.99. The van der Waals surface area contributed by atoms with Crippen LogP contribution in [0, 0.1) is 0 Å². The summed E-state index contributed by atoms with van der Waals surface area (Å²) in [6.45, 7) is 4.90. The smallest absolute Gasteiger partial charge is 0.248 e. The van der Waals surface area contributed by atoms with Crippen molar-refractivity contribution < 1.29 is 9.59 Å². The van der Waals surface area contributed by atoms with Crippen LogP contribution in [-0.2, 0) is 9.59 Å². The van der Waals surface area contributed by atoms with Gasteiger partial charge in [0.2, 0.25) is 11.8 Å². The highest BCUT2D eigenvalue weighted by atomic mass is 16.2. The lowest BCUT2D eigenvalue weighted by Gasteiger charge is -2.24. The molecule has 1 saturated carbocycles. The SMILES string of the molecule is CC(C(=O)Nc1cc(C2CC2)[nH]n1)c1cccc(-c2ccc(NC(=O)/C=C/CN3CCCCC3)cn2)c1. The highest BCUT2D eigenvalue weighted by Gasteiger charge is 2.26. The lowest BCUT2D eigenvalue weighted by Crippen LogP contribution is -2.29. The number of hydrogen-bond acceptors (Lipinski definition) is 5. The molecule has 37 heavy (non-hydrogen) atoms. The first-order valence-corrected chi connectivity index (χ1v) is 13.2. The molecule has 8 heteroatoms. The van der Waals surface area contributed by atoms with Gasteiger partial charge in [-0.2, -0.15) is 5.10 Å². The van der Waals surface area contributed by atoms with Gasteiger partial charge < -0.3 is 10.6 Å². The standard InChI is InChI=1S/C29H34N6O2/c1-20(29(37)32-27-18-26(33-34-27)21-10-11-21)22-7-5-8-23(17-22)25-13-12-24(19-30-25)31-28(36)9-6-16-35-14-3-2-4-15-35/h5-9,12-13,17-21H,2-4,10-11,14-16H2,1H3,(H,31,36)(H2,32,33,34,37)/b9-6+. The average Bonchev–Trinajstić information content (AvgIpc) is 3.68. The van der Waals surface area contributed by atoms with Crippen LogP contribution in [0.15, 0.2) is 60.8 Å². The molecule has 1 aromatic carbocycles. The fourth-order valence-electron chi connectivity index (χ4n) is 4.63. The molecule has 8 nitrogen and oxygen atoms in total. The van der Waals surface area contributed by atoms with Crippen molar-refractivity contribution in [3.8, 4) is 11.3 Å². The zero-order chi connectivity index (χ0) is 25.6. The quantitative estimate of drug-likeness (QED) is 0.357. The third-order valence-electron chi connectivity index (χ3n) is 7.05. The van der Waals surface area contributed by atoms with Gasteiger partial charge in [0.1, 0.15) is 0 Å². The summed E-state index contributed by atoms with van der Waals surface area (Å²) in [5, 5.41) is 13.0.